The number of halogens is 1. The molecule has 0 bridgehead atoms. The number of benzene rings is 1. The normalized spacial score (nSPS) is 13.5. The molecule has 0 fully saturated rings. The van der Waals surface area contributed by atoms with Crippen LogP contribution in [0.2, 0.25) is 0 Å². The summed E-state index contributed by atoms with van der Waals surface area (Å²) in [6, 6.07) is 10.6. The summed E-state index contributed by atoms with van der Waals surface area (Å²) >= 11 is 2.50. The van der Waals surface area contributed by atoms with Crippen molar-refractivity contribution in [3.8, 4) is 0 Å². The summed E-state index contributed by atoms with van der Waals surface area (Å²) in [6.45, 7) is 4.51. The van der Waals surface area contributed by atoms with Crippen LogP contribution >= 0.6 is 22.6 Å². The first-order valence-electron chi connectivity index (χ1n) is 3.91. The van der Waals surface area contributed by atoms with Crippen molar-refractivity contribution in [1.82, 2.24) is 0 Å². The summed E-state index contributed by atoms with van der Waals surface area (Å²) in [6.07, 6.45) is 0. The topological polar surface area (TPSA) is 0 Å². The van der Waals surface area contributed by atoms with Gasteiger partial charge in [0, 0.05) is 3.92 Å². The Balaban J connectivity index is 2.77. The van der Waals surface area contributed by atoms with Crippen LogP contribution in [0.3, 0.4) is 0 Å². The van der Waals surface area contributed by atoms with Crippen LogP contribution in [-0.4, -0.2) is 0 Å². The lowest BCUT2D eigenvalue weighted by Crippen LogP contribution is -1.97. The molecule has 0 amide bonds. The molecule has 1 heteroatoms. The third-order valence-electron chi connectivity index (χ3n) is 1.70. The standard InChI is InChI=1S/C10H13I/c1-8(2)10(11)9-6-4-3-5-7-9/h3-8,10H,1-2H3. The van der Waals surface area contributed by atoms with Crippen LogP contribution in [0.15, 0.2) is 30.3 Å². The maximum atomic E-state index is 2.50. The van der Waals surface area contributed by atoms with Gasteiger partial charge in [0.05, 0.1) is 0 Å². The van der Waals surface area contributed by atoms with E-state index in [0.717, 1.165) is 5.92 Å². The van der Waals surface area contributed by atoms with Gasteiger partial charge in [-0.25, -0.2) is 0 Å². The maximum Gasteiger partial charge on any atom is 0.0382 e. The summed E-state index contributed by atoms with van der Waals surface area (Å²) in [5.74, 6) is 0.720. The number of alkyl halides is 1. The van der Waals surface area contributed by atoms with Gasteiger partial charge in [-0.3, -0.25) is 0 Å². The van der Waals surface area contributed by atoms with Gasteiger partial charge in [-0.05, 0) is 11.5 Å². The lowest BCUT2D eigenvalue weighted by atomic mass is 10.0. The molecule has 0 aliphatic rings. The van der Waals surface area contributed by atoms with Crippen molar-refractivity contribution in [2.75, 3.05) is 0 Å². The average molecular weight is 260 g/mol. The zero-order valence-electron chi connectivity index (χ0n) is 6.92. The lowest BCUT2D eigenvalue weighted by molar-refractivity contribution is 0.651. The van der Waals surface area contributed by atoms with E-state index in [-0.39, 0.29) is 0 Å². The molecule has 0 radical (unpaired) electrons. The molecule has 1 rings (SSSR count). The Morgan fingerprint density at radius 1 is 1.09 bits per heavy atom. The van der Waals surface area contributed by atoms with E-state index in [0.29, 0.717) is 3.92 Å². The van der Waals surface area contributed by atoms with Gasteiger partial charge in [0.2, 0.25) is 0 Å². The van der Waals surface area contributed by atoms with Crippen LogP contribution in [0, 0.1) is 5.92 Å². The van der Waals surface area contributed by atoms with Crippen LogP contribution in [0.5, 0.6) is 0 Å². The third-order valence-corrected chi connectivity index (χ3v) is 3.86. The van der Waals surface area contributed by atoms with E-state index in [1.165, 1.54) is 5.56 Å². The summed E-state index contributed by atoms with van der Waals surface area (Å²) in [7, 11) is 0. The van der Waals surface area contributed by atoms with E-state index < -0.39 is 0 Å². The molecule has 0 aliphatic carbocycles. The predicted octanol–water partition coefficient (Wildman–Crippen LogP) is 3.82. The molecule has 0 N–H and O–H groups in total. The van der Waals surface area contributed by atoms with Gasteiger partial charge >= 0.3 is 0 Å². The SMILES string of the molecule is CC(C)C(I)c1ccccc1. The Morgan fingerprint density at radius 3 is 2.09 bits per heavy atom. The van der Waals surface area contributed by atoms with Crippen LogP contribution < -0.4 is 0 Å². The van der Waals surface area contributed by atoms with Crippen LogP contribution in [0.25, 0.3) is 0 Å². The second-order valence-corrected chi connectivity index (χ2v) is 4.40. The zero-order chi connectivity index (χ0) is 8.27. The van der Waals surface area contributed by atoms with Gasteiger partial charge in [0.25, 0.3) is 0 Å². The summed E-state index contributed by atoms with van der Waals surface area (Å²) in [4.78, 5) is 0. The fourth-order valence-electron chi connectivity index (χ4n) is 1.02. The maximum absolute atomic E-state index is 2.50. The molecule has 1 unspecified atom stereocenters. The lowest BCUT2D eigenvalue weighted by Gasteiger charge is -2.13. The Hall–Kier alpha value is -0.0500. The highest BCUT2D eigenvalue weighted by Crippen LogP contribution is 2.30. The fourth-order valence-corrected chi connectivity index (χ4v) is 1.44. The van der Waals surface area contributed by atoms with Crippen molar-refractivity contribution in [3.05, 3.63) is 35.9 Å². The van der Waals surface area contributed by atoms with Gasteiger partial charge in [0.15, 0.2) is 0 Å². The number of rotatable bonds is 2. The molecule has 0 saturated carbocycles. The Morgan fingerprint density at radius 2 is 1.64 bits per heavy atom. The minimum atomic E-state index is 0.647. The molecule has 0 saturated heterocycles. The molecule has 11 heavy (non-hydrogen) atoms. The summed E-state index contributed by atoms with van der Waals surface area (Å²) in [5, 5.41) is 0. The summed E-state index contributed by atoms with van der Waals surface area (Å²) in [5.41, 5.74) is 1.43. The number of hydrogen-bond donors (Lipinski definition) is 0. The van der Waals surface area contributed by atoms with Crippen LogP contribution in [0.1, 0.15) is 23.3 Å². The molecule has 60 valence electrons. The van der Waals surface area contributed by atoms with E-state index in [9.17, 15) is 0 Å². The predicted molar refractivity (Wildman–Crippen MR) is 58.0 cm³/mol. The number of hydrogen-bond acceptors (Lipinski definition) is 0. The first-order chi connectivity index (χ1) is 5.22. The molecular weight excluding hydrogens is 247 g/mol. The molecule has 0 heterocycles. The molecule has 1 aromatic carbocycles. The van der Waals surface area contributed by atoms with E-state index in [1.807, 2.05) is 0 Å². The van der Waals surface area contributed by atoms with Crippen molar-refractivity contribution in [1.29, 1.82) is 0 Å². The minimum Gasteiger partial charge on any atom is -0.0771 e. The zero-order valence-corrected chi connectivity index (χ0v) is 9.08. The molecule has 1 aromatic rings. The highest BCUT2D eigenvalue weighted by molar-refractivity contribution is 14.1. The van der Waals surface area contributed by atoms with Crippen LogP contribution in [-0.2, 0) is 0 Å². The molecular formula is C10H13I. The van der Waals surface area contributed by atoms with Gasteiger partial charge in [-0.2, -0.15) is 0 Å². The third kappa shape index (κ3) is 2.47. The Labute approximate surface area is 82.2 Å². The highest BCUT2D eigenvalue weighted by atomic mass is 127. The highest BCUT2D eigenvalue weighted by Gasteiger charge is 2.09. The van der Waals surface area contributed by atoms with Crippen LogP contribution in [0.4, 0.5) is 0 Å². The smallest absolute Gasteiger partial charge is 0.0382 e. The van der Waals surface area contributed by atoms with E-state index in [1.54, 1.807) is 0 Å². The van der Waals surface area contributed by atoms with E-state index >= 15 is 0 Å². The monoisotopic (exact) mass is 260 g/mol. The second-order valence-electron chi connectivity index (χ2n) is 3.06. The van der Waals surface area contributed by atoms with Crippen molar-refractivity contribution < 1.29 is 0 Å². The van der Waals surface area contributed by atoms with Crippen molar-refractivity contribution >= 4 is 22.6 Å². The fraction of sp³-hybridized carbons (Fsp3) is 0.400. The molecule has 0 nitrogen and oxygen atoms in total. The second kappa shape index (κ2) is 4.10. The van der Waals surface area contributed by atoms with E-state index in [2.05, 4.69) is 66.8 Å². The minimum absolute atomic E-state index is 0.647. The van der Waals surface area contributed by atoms with Gasteiger partial charge in [0.1, 0.15) is 0 Å². The Bertz CT molecular complexity index is 203. The summed E-state index contributed by atoms with van der Waals surface area (Å²) < 4.78 is 0.647. The van der Waals surface area contributed by atoms with Crippen molar-refractivity contribution in [2.24, 2.45) is 5.92 Å². The first kappa shape index (κ1) is 9.04. The molecule has 0 spiro atoms. The largest absolute Gasteiger partial charge is 0.0771 e. The van der Waals surface area contributed by atoms with Crippen molar-refractivity contribution in [3.63, 3.8) is 0 Å². The van der Waals surface area contributed by atoms with E-state index in [4.69, 9.17) is 0 Å². The first-order valence-corrected chi connectivity index (χ1v) is 5.15. The van der Waals surface area contributed by atoms with Gasteiger partial charge in [-0.1, -0.05) is 66.8 Å². The van der Waals surface area contributed by atoms with Gasteiger partial charge in [-0.15, -0.1) is 0 Å². The Kier molecular flexibility index (Phi) is 3.37. The van der Waals surface area contributed by atoms with Gasteiger partial charge < -0.3 is 0 Å². The molecule has 0 aromatic heterocycles. The van der Waals surface area contributed by atoms with Crippen molar-refractivity contribution in [2.45, 2.75) is 17.8 Å². The quantitative estimate of drug-likeness (QED) is 0.560. The molecule has 1 atom stereocenters. The molecule has 0 aliphatic heterocycles. The average Bonchev–Trinajstić information content (AvgIpc) is 2.05.